The molecule has 0 atom stereocenters. The molecule has 1 saturated heterocycles. The number of ether oxygens (including phenoxy) is 1. The van der Waals surface area contributed by atoms with E-state index in [1.165, 1.54) is 18.3 Å². The molecule has 1 aliphatic heterocycles. The zero-order chi connectivity index (χ0) is 21.8. The normalized spacial score (nSPS) is 14.0. The van der Waals surface area contributed by atoms with Crippen molar-refractivity contribution in [3.63, 3.8) is 0 Å². The van der Waals surface area contributed by atoms with Gasteiger partial charge in [0.2, 0.25) is 0 Å². The SMILES string of the molecule is O=C(Nc1c[nH]c(=O)c(-c2ccnc(N3CCOCC3)c2)c1)c1ccnc(C(F)F)c1. The first-order valence-electron chi connectivity index (χ1n) is 9.58. The van der Waals surface area contributed by atoms with Crippen molar-refractivity contribution in [3.8, 4) is 11.1 Å². The van der Waals surface area contributed by atoms with Gasteiger partial charge in [-0.25, -0.2) is 13.8 Å². The fraction of sp³-hybridized carbons (Fsp3) is 0.238. The molecular weight excluding hydrogens is 408 g/mol. The topological polar surface area (TPSA) is 100 Å². The number of aromatic amines is 1. The smallest absolute Gasteiger partial charge is 0.280 e. The molecule has 3 aromatic rings. The predicted octanol–water partition coefficient (Wildman–Crippen LogP) is 2.86. The second-order valence-electron chi connectivity index (χ2n) is 6.86. The third-order valence-electron chi connectivity index (χ3n) is 4.82. The maximum Gasteiger partial charge on any atom is 0.280 e. The van der Waals surface area contributed by atoms with Crippen molar-refractivity contribution in [2.75, 3.05) is 36.5 Å². The van der Waals surface area contributed by atoms with Gasteiger partial charge in [-0.05, 0) is 35.9 Å². The summed E-state index contributed by atoms with van der Waals surface area (Å²) < 4.78 is 31.0. The number of nitrogens with one attached hydrogen (secondary N) is 2. The Labute approximate surface area is 175 Å². The lowest BCUT2D eigenvalue weighted by Gasteiger charge is -2.28. The summed E-state index contributed by atoms with van der Waals surface area (Å²) in [6.07, 6.45) is 1.34. The third-order valence-corrected chi connectivity index (χ3v) is 4.82. The Morgan fingerprint density at radius 2 is 1.90 bits per heavy atom. The number of nitrogens with zero attached hydrogens (tertiary/aromatic N) is 3. The number of carbonyl (C=O) groups is 1. The average Bonchev–Trinajstić information content (AvgIpc) is 2.81. The Balaban J connectivity index is 1.58. The first-order chi connectivity index (χ1) is 15.0. The van der Waals surface area contributed by atoms with E-state index in [0.29, 0.717) is 43.1 Å². The van der Waals surface area contributed by atoms with Crippen molar-refractivity contribution in [1.29, 1.82) is 0 Å². The highest BCUT2D eigenvalue weighted by Gasteiger charge is 2.16. The fourth-order valence-electron chi connectivity index (χ4n) is 3.23. The summed E-state index contributed by atoms with van der Waals surface area (Å²) >= 11 is 0. The van der Waals surface area contributed by atoms with Gasteiger partial charge in [-0.2, -0.15) is 0 Å². The van der Waals surface area contributed by atoms with Gasteiger partial charge in [0.1, 0.15) is 11.5 Å². The van der Waals surface area contributed by atoms with Gasteiger partial charge in [-0.3, -0.25) is 14.6 Å². The molecule has 0 bridgehead atoms. The summed E-state index contributed by atoms with van der Waals surface area (Å²) in [5.74, 6) is 0.136. The molecule has 0 spiro atoms. The van der Waals surface area contributed by atoms with Gasteiger partial charge in [0.25, 0.3) is 17.9 Å². The molecule has 2 N–H and O–H groups in total. The highest BCUT2D eigenvalue weighted by atomic mass is 19.3. The molecule has 31 heavy (non-hydrogen) atoms. The van der Waals surface area contributed by atoms with Crippen LogP contribution in [0.15, 0.2) is 53.7 Å². The van der Waals surface area contributed by atoms with Crippen LogP contribution in [0.25, 0.3) is 11.1 Å². The number of anilines is 2. The van der Waals surface area contributed by atoms with Crippen LogP contribution < -0.4 is 15.8 Å². The average molecular weight is 427 g/mol. The van der Waals surface area contributed by atoms with Crippen molar-refractivity contribution >= 4 is 17.4 Å². The maximum atomic E-state index is 12.8. The van der Waals surface area contributed by atoms with Gasteiger partial charge >= 0.3 is 0 Å². The number of carbonyl (C=O) groups excluding carboxylic acids is 1. The number of H-pyrrole nitrogens is 1. The molecule has 4 rings (SSSR count). The van der Waals surface area contributed by atoms with E-state index < -0.39 is 18.0 Å². The van der Waals surface area contributed by atoms with Crippen LogP contribution in [0.2, 0.25) is 0 Å². The summed E-state index contributed by atoms with van der Waals surface area (Å²) in [6, 6.07) is 7.41. The largest absolute Gasteiger partial charge is 0.378 e. The molecule has 160 valence electrons. The van der Waals surface area contributed by atoms with Crippen LogP contribution in [-0.4, -0.2) is 47.2 Å². The van der Waals surface area contributed by atoms with Gasteiger partial charge in [0, 0.05) is 42.8 Å². The van der Waals surface area contributed by atoms with Crippen LogP contribution in [0, 0.1) is 0 Å². The number of hydrogen-bond acceptors (Lipinski definition) is 6. The Morgan fingerprint density at radius 3 is 2.68 bits per heavy atom. The second-order valence-corrected chi connectivity index (χ2v) is 6.86. The molecular formula is C21H19F2N5O3. The molecule has 0 saturated carbocycles. The molecule has 0 unspecified atom stereocenters. The first-order valence-corrected chi connectivity index (χ1v) is 9.58. The Bertz CT molecular complexity index is 1150. The van der Waals surface area contributed by atoms with Crippen LogP contribution in [0.1, 0.15) is 22.5 Å². The first kappa shape index (κ1) is 20.6. The minimum Gasteiger partial charge on any atom is -0.378 e. The van der Waals surface area contributed by atoms with Crippen LogP contribution in [0.5, 0.6) is 0 Å². The van der Waals surface area contributed by atoms with E-state index in [1.807, 2.05) is 0 Å². The van der Waals surface area contributed by atoms with Gasteiger partial charge in [-0.1, -0.05) is 0 Å². The quantitative estimate of drug-likeness (QED) is 0.650. The molecule has 1 fully saturated rings. The predicted molar refractivity (Wildman–Crippen MR) is 110 cm³/mol. The number of halogens is 2. The van der Waals surface area contributed by atoms with E-state index in [-0.39, 0.29) is 11.1 Å². The molecule has 1 aliphatic rings. The van der Waals surface area contributed by atoms with Gasteiger partial charge in [0.15, 0.2) is 0 Å². The molecule has 0 aromatic carbocycles. The van der Waals surface area contributed by atoms with E-state index in [9.17, 15) is 18.4 Å². The molecule has 8 nitrogen and oxygen atoms in total. The molecule has 1 amide bonds. The van der Waals surface area contributed by atoms with E-state index in [4.69, 9.17) is 4.74 Å². The summed E-state index contributed by atoms with van der Waals surface area (Å²) in [5, 5.41) is 2.62. The van der Waals surface area contributed by atoms with Gasteiger partial charge < -0.3 is 19.9 Å². The van der Waals surface area contributed by atoms with Gasteiger partial charge in [-0.15, -0.1) is 0 Å². The Kier molecular flexibility index (Phi) is 5.99. The molecule has 10 heteroatoms. The standard InChI is InChI=1S/C21H19F2N5O3/c22-19(23)17-9-14(2-3-24-17)20(29)27-15-11-16(21(30)26-12-15)13-1-4-25-18(10-13)28-5-7-31-8-6-28/h1-4,9-12,19H,5-8H2,(H,26,30)(H,27,29). The fourth-order valence-corrected chi connectivity index (χ4v) is 3.23. The van der Waals surface area contributed by atoms with E-state index >= 15 is 0 Å². The summed E-state index contributed by atoms with van der Waals surface area (Å²) in [5.41, 5.74) is 0.523. The maximum absolute atomic E-state index is 12.8. The van der Waals surface area contributed by atoms with E-state index in [0.717, 1.165) is 18.1 Å². The van der Waals surface area contributed by atoms with Crippen molar-refractivity contribution < 1.29 is 18.3 Å². The lowest BCUT2D eigenvalue weighted by Crippen LogP contribution is -2.36. The second kappa shape index (κ2) is 9.00. The number of pyridine rings is 3. The molecule has 0 radical (unpaired) electrons. The monoisotopic (exact) mass is 427 g/mol. The van der Waals surface area contributed by atoms with Crippen LogP contribution in [0.3, 0.4) is 0 Å². The lowest BCUT2D eigenvalue weighted by molar-refractivity contribution is 0.102. The van der Waals surface area contributed by atoms with Crippen LogP contribution in [0.4, 0.5) is 20.3 Å². The summed E-state index contributed by atoms with van der Waals surface area (Å²) in [7, 11) is 0. The van der Waals surface area contributed by atoms with Crippen molar-refractivity contribution in [1.82, 2.24) is 15.0 Å². The number of morpholine rings is 1. The number of hydrogen-bond donors (Lipinski definition) is 2. The summed E-state index contributed by atoms with van der Waals surface area (Å²) in [6.45, 7) is 2.62. The van der Waals surface area contributed by atoms with E-state index in [2.05, 4.69) is 25.2 Å². The minimum atomic E-state index is -2.78. The van der Waals surface area contributed by atoms with Gasteiger partial charge in [0.05, 0.1) is 18.9 Å². The number of rotatable bonds is 5. The number of amides is 1. The summed E-state index contributed by atoms with van der Waals surface area (Å²) in [4.78, 5) is 37.5. The minimum absolute atomic E-state index is 0.0385. The van der Waals surface area contributed by atoms with Crippen LogP contribution in [-0.2, 0) is 4.74 Å². The Hall–Kier alpha value is -3.66. The highest BCUT2D eigenvalue weighted by Crippen LogP contribution is 2.23. The molecule has 4 heterocycles. The van der Waals surface area contributed by atoms with Crippen LogP contribution >= 0.6 is 0 Å². The lowest BCUT2D eigenvalue weighted by atomic mass is 10.1. The van der Waals surface area contributed by atoms with Crippen molar-refractivity contribution in [2.45, 2.75) is 6.43 Å². The third kappa shape index (κ3) is 4.75. The Morgan fingerprint density at radius 1 is 1.13 bits per heavy atom. The highest BCUT2D eigenvalue weighted by molar-refractivity contribution is 6.04. The van der Waals surface area contributed by atoms with Crippen molar-refractivity contribution in [2.24, 2.45) is 0 Å². The molecule has 3 aromatic heterocycles. The zero-order valence-electron chi connectivity index (χ0n) is 16.3. The van der Waals surface area contributed by atoms with Crippen molar-refractivity contribution in [3.05, 3.63) is 70.5 Å². The molecule has 0 aliphatic carbocycles. The van der Waals surface area contributed by atoms with E-state index in [1.54, 1.807) is 18.3 Å². The zero-order valence-corrected chi connectivity index (χ0v) is 16.3. The number of aromatic nitrogens is 3. The number of alkyl halides is 2.